The normalized spacial score (nSPS) is 23.3. The standard InChI is InChI=1S/C14H17NO5/c1-14(2)19-9-12(16)13(20-14)11(8-15(17)18)10-6-4-3-5-7-10/h3-7,11,13H,8-9H2,1-2H3/t11-,13+/m0/s1. The lowest BCUT2D eigenvalue weighted by Crippen LogP contribution is -2.49. The molecule has 1 fully saturated rings. The van der Waals surface area contributed by atoms with Crippen molar-refractivity contribution in [1.82, 2.24) is 0 Å². The molecule has 2 atom stereocenters. The maximum absolute atomic E-state index is 12.0. The Balaban J connectivity index is 2.30. The van der Waals surface area contributed by atoms with Crippen molar-refractivity contribution in [3.8, 4) is 0 Å². The molecule has 1 aliphatic rings. The quantitative estimate of drug-likeness (QED) is 0.620. The Labute approximate surface area is 116 Å². The second kappa shape index (κ2) is 5.68. The molecule has 0 bridgehead atoms. The second-order valence-corrected chi connectivity index (χ2v) is 5.23. The van der Waals surface area contributed by atoms with E-state index >= 15 is 0 Å². The largest absolute Gasteiger partial charge is 0.343 e. The summed E-state index contributed by atoms with van der Waals surface area (Å²) < 4.78 is 10.9. The smallest absolute Gasteiger partial charge is 0.213 e. The highest BCUT2D eigenvalue weighted by Crippen LogP contribution is 2.30. The van der Waals surface area contributed by atoms with Crippen LogP contribution in [-0.2, 0) is 14.3 Å². The average molecular weight is 279 g/mol. The number of nitrogens with zero attached hydrogens (tertiary/aromatic N) is 1. The molecule has 0 unspecified atom stereocenters. The van der Waals surface area contributed by atoms with Gasteiger partial charge in [0.2, 0.25) is 6.54 Å². The minimum Gasteiger partial charge on any atom is -0.343 e. The third-order valence-corrected chi connectivity index (χ3v) is 3.23. The summed E-state index contributed by atoms with van der Waals surface area (Å²) >= 11 is 0. The molecule has 20 heavy (non-hydrogen) atoms. The molecular weight excluding hydrogens is 262 g/mol. The fraction of sp³-hybridized carbons (Fsp3) is 0.500. The maximum Gasteiger partial charge on any atom is 0.213 e. The van der Waals surface area contributed by atoms with Crippen LogP contribution < -0.4 is 0 Å². The zero-order valence-corrected chi connectivity index (χ0v) is 11.4. The average Bonchev–Trinajstić information content (AvgIpc) is 2.40. The first-order chi connectivity index (χ1) is 9.39. The molecule has 0 aliphatic carbocycles. The fourth-order valence-electron chi connectivity index (χ4n) is 2.28. The number of hydrogen-bond acceptors (Lipinski definition) is 5. The lowest BCUT2D eigenvalue weighted by molar-refractivity contribution is -0.486. The number of Topliss-reactive ketones (excluding diaryl/α,β-unsaturated/α-hetero) is 1. The first-order valence-corrected chi connectivity index (χ1v) is 6.40. The Morgan fingerprint density at radius 3 is 2.65 bits per heavy atom. The highest BCUT2D eigenvalue weighted by Gasteiger charge is 2.42. The van der Waals surface area contributed by atoms with Crippen LogP contribution in [0.25, 0.3) is 0 Å². The third kappa shape index (κ3) is 3.40. The molecule has 0 spiro atoms. The van der Waals surface area contributed by atoms with E-state index in [0.29, 0.717) is 0 Å². The molecule has 1 aromatic rings. The van der Waals surface area contributed by atoms with E-state index in [0.717, 1.165) is 5.56 Å². The molecule has 1 saturated heterocycles. The monoisotopic (exact) mass is 279 g/mol. The van der Waals surface area contributed by atoms with Gasteiger partial charge in [-0.2, -0.15) is 0 Å². The SMILES string of the molecule is CC1(C)OCC(=O)[C@@H]([C@@H](C[N+](=O)[O-])c2ccccc2)O1. The number of ether oxygens (including phenoxy) is 2. The molecule has 0 N–H and O–H groups in total. The van der Waals surface area contributed by atoms with Gasteiger partial charge in [-0.1, -0.05) is 30.3 Å². The molecule has 1 aromatic carbocycles. The van der Waals surface area contributed by atoms with Crippen molar-refractivity contribution in [3.05, 3.63) is 46.0 Å². The predicted octanol–water partition coefficient (Wildman–Crippen LogP) is 1.77. The molecule has 1 aliphatic heterocycles. The van der Waals surface area contributed by atoms with Crippen molar-refractivity contribution < 1.29 is 19.2 Å². The van der Waals surface area contributed by atoms with Crippen LogP contribution in [0.1, 0.15) is 25.3 Å². The Morgan fingerprint density at radius 2 is 2.05 bits per heavy atom. The van der Waals surface area contributed by atoms with Crippen LogP contribution in [0.2, 0.25) is 0 Å². The minimum absolute atomic E-state index is 0.0846. The maximum atomic E-state index is 12.0. The van der Waals surface area contributed by atoms with E-state index in [-0.39, 0.29) is 18.9 Å². The molecule has 0 aromatic heterocycles. The Morgan fingerprint density at radius 1 is 1.40 bits per heavy atom. The summed E-state index contributed by atoms with van der Waals surface area (Å²) in [5.74, 6) is -1.79. The van der Waals surface area contributed by atoms with Gasteiger partial charge < -0.3 is 9.47 Å². The Kier molecular flexibility index (Phi) is 4.15. The molecule has 108 valence electrons. The summed E-state index contributed by atoms with van der Waals surface area (Å²) in [6, 6.07) is 8.94. The van der Waals surface area contributed by atoms with Crippen LogP contribution in [-0.4, -0.2) is 35.7 Å². The van der Waals surface area contributed by atoms with Gasteiger partial charge in [0.25, 0.3) is 0 Å². The van der Waals surface area contributed by atoms with Crippen molar-refractivity contribution in [1.29, 1.82) is 0 Å². The summed E-state index contributed by atoms with van der Waals surface area (Å²) in [4.78, 5) is 22.5. The zero-order valence-electron chi connectivity index (χ0n) is 11.4. The lowest BCUT2D eigenvalue weighted by Gasteiger charge is -2.37. The molecule has 0 radical (unpaired) electrons. The van der Waals surface area contributed by atoms with Gasteiger partial charge in [0.1, 0.15) is 12.7 Å². The predicted molar refractivity (Wildman–Crippen MR) is 71.0 cm³/mol. The first kappa shape index (κ1) is 14.6. The molecule has 1 heterocycles. The van der Waals surface area contributed by atoms with E-state index < -0.39 is 22.7 Å². The van der Waals surface area contributed by atoms with Crippen molar-refractivity contribution in [2.45, 2.75) is 31.7 Å². The first-order valence-electron chi connectivity index (χ1n) is 6.40. The van der Waals surface area contributed by atoms with Gasteiger partial charge >= 0.3 is 0 Å². The molecule has 0 saturated carbocycles. The second-order valence-electron chi connectivity index (χ2n) is 5.23. The molecular formula is C14H17NO5. The number of ketones is 1. The number of hydrogen-bond donors (Lipinski definition) is 0. The number of carbonyl (C=O) groups is 1. The summed E-state index contributed by atoms with van der Waals surface area (Å²) in [5.41, 5.74) is 0.722. The Hall–Kier alpha value is -1.79. The van der Waals surface area contributed by atoms with Gasteiger partial charge in [0.15, 0.2) is 11.6 Å². The van der Waals surface area contributed by atoms with Crippen LogP contribution in [0.4, 0.5) is 0 Å². The van der Waals surface area contributed by atoms with E-state index in [1.807, 2.05) is 6.07 Å². The molecule has 2 rings (SSSR count). The van der Waals surface area contributed by atoms with Crippen molar-refractivity contribution in [2.75, 3.05) is 13.2 Å². The van der Waals surface area contributed by atoms with Gasteiger partial charge in [-0.15, -0.1) is 0 Å². The summed E-state index contributed by atoms with van der Waals surface area (Å²) in [6.07, 6.45) is -0.855. The summed E-state index contributed by atoms with van der Waals surface area (Å²) in [7, 11) is 0. The number of rotatable bonds is 4. The van der Waals surface area contributed by atoms with E-state index in [1.165, 1.54) is 0 Å². The van der Waals surface area contributed by atoms with E-state index in [2.05, 4.69) is 0 Å². The topological polar surface area (TPSA) is 78.7 Å². The highest BCUT2D eigenvalue weighted by molar-refractivity contribution is 5.86. The van der Waals surface area contributed by atoms with Gasteiger partial charge in [0.05, 0.1) is 5.92 Å². The van der Waals surface area contributed by atoms with Crippen LogP contribution in [0.15, 0.2) is 30.3 Å². The highest BCUT2D eigenvalue weighted by atomic mass is 16.7. The summed E-state index contributed by atoms with van der Waals surface area (Å²) in [5, 5.41) is 10.9. The number of nitro groups is 1. The van der Waals surface area contributed by atoms with Crippen LogP contribution >= 0.6 is 0 Å². The zero-order chi connectivity index (χ0) is 14.8. The molecule has 0 amide bonds. The van der Waals surface area contributed by atoms with Crippen LogP contribution in [0, 0.1) is 10.1 Å². The molecule has 6 heteroatoms. The minimum atomic E-state index is -0.914. The Bertz CT molecular complexity index is 500. The van der Waals surface area contributed by atoms with Crippen molar-refractivity contribution in [2.24, 2.45) is 0 Å². The van der Waals surface area contributed by atoms with E-state index in [4.69, 9.17) is 9.47 Å². The third-order valence-electron chi connectivity index (χ3n) is 3.23. The summed E-state index contributed by atoms with van der Waals surface area (Å²) in [6.45, 7) is 2.95. The van der Waals surface area contributed by atoms with Crippen LogP contribution in [0.5, 0.6) is 0 Å². The molecule has 6 nitrogen and oxygen atoms in total. The number of benzene rings is 1. The fourth-order valence-corrected chi connectivity index (χ4v) is 2.28. The lowest BCUT2D eigenvalue weighted by atomic mass is 9.90. The van der Waals surface area contributed by atoms with Gasteiger partial charge in [0, 0.05) is 4.92 Å². The van der Waals surface area contributed by atoms with Gasteiger partial charge in [-0.3, -0.25) is 14.9 Å². The van der Waals surface area contributed by atoms with E-state index in [1.54, 1.807) is 38.1 Å². The van der Waals surface area contributed by atoms with Gasteiger partial charge in [-0.25, -0.2) is 0 Å². The van der Waals surface area contributed by atoms with Crippen molar-refractivity contribution in [3.63, 3.8) is 0 Å². The van der Waals surface area contributed by atoms with Crippen LogP contribution in [0.3, 0.4) is 0 Å². The van der Waals surface area contributed by atoms with Gasteiger partial charge in [-0.05, 0) is 19.4 Å². The number of carbonyl (C=O) groups excluding carboxylic acids is 1. The van der Waals surface area contributed by atoms with E-state index in [9.17, 15) is 14.9 Å². The van der Waals surface area contributed by atoms with Crippen molar-refractivity contribution >= 4 is 5.78 Å².